The van der Waals surface area contributed by atoms with E-state index in [1.165, 1.54) is 44.9 Å². The molecule has 1 spiro atoms. The van der Waals surface area contributed by atoms with Gasteiger partial charge in [-0.05, 0) is 38.6 Å². The van der Waals surface area contributed by atoms with Crippen molar-refractivity contribution in [3.05, 3.63) is 12.2 Å². The lowest BCUT2D eigenvalue weighted by atomic mass is 9.83. The highest BCUT2D eigenvalue weighted by molar-refractivity contribution is 4.92. The molecular formula is C16H28N4O. The zero-order chi connectivity index (χ0) is 14.5. The Morgan fingerprint density at radius 2 is 2.19 bits per heavy atom. The molecule has 1 aliphatic heterocycles. The van der Waals surface area contributed by atoms with Crippen molar-refractivity contribution >= 4 is 0 Å². The summed E-state index contributed by atoms with van der Waals surface area (Å²) in [5, 5.41) is 7.77. The molecule has 1 atom stereocenters. The van der Waals surface area contributed by atoms with Crippen molar-refractivity contribution in [2.45, 2.75) is 83.1 Å². The van der Waals surface area contributed by atoms with E-state index in [4.69, 9.17) is 4.74 Å². The predicted molar refractivity (Wildman–Crippen MR) is 81.9 cm³/mol. The maximum atomic E-state index is 6.43. The number of nitrogens with zero attached hydrogens (tertiary/aromatic N) is 3. The zero-order valence-electron chi connectivity index (χ0n) is 13.2. The van der Waals surface area contributed by atoms with Crippen LogP contribution in [0.1, 0.15) is 64.1 Å². The van der Waals surface area contributed by atoms with E-state index < -0.39 is 0 Å². The molecule has 1 saturated heterocycles. The topological polar surface area (TPSA) is 52.0 Å². The van der Waals surface area contributed by atoms with Gasteiger partial charge in [0.05, 0.1) is 24.8 Å². The number of aromatic nitrogens is 3. The fraction of sp³-hybridized carbons (Fsp3) is 0.875. The highest BCUT2D eigenvalue weighted by atomic mass is 16.5. The molecule has 1 aromatic heterocycles. The summed E-state index contributed by atoms with van der Waals surface area (Å²) >= 11 is 0. The van der Waals surface area contributed by atoms with E-state index in [-0.39, 0.29) is 5.60 Å². The summed E-state index contributed by atoms with van der Waals surface area (Å²) in [5.74, 6) is 1.02. The standard InChI is InChI=1S/C16H28N4O/c1-2-10-17-11-15-18-13-19-20(15)12-14-6-9-16(21-14)7-4-3-5-8-16/h13-14,17H,2-12H2,1H3. The zero-order valence-corrected chi connectivity index (χ0v) is 13.2. The molecule has 2 fully saturated rings. The molecule has 5 heteroatoms. The largest absolute Gasteiger partial charge is 0.370 e. The van der Waals surface area contributed by atoms with Gasteiger partial charge in [0.2, 0.25) is 0 Å². The highest BCUT2D eigenvalue weighted by Gasteiger charge is 2.40. The second-order valence-corrected chi connectivity index (χ2v) is 6.56. The first-order valence-electron chi connectivity index (χ1n) is 8.56. The first-order valence-corrected chi connectivity index (χ1v) is 8.56. The average Bonchev–Trinajstić information content (AvgIpc) is 3.09. The van der Waals surface area contributed by atoms with E-state index in [1.54, 1.807) is 6.33 Å². The Morgan fingerprint density at radius 3 is 3.00 bits per heavy atom. The van der Waals surface area contributed by atoms with Crippen LogP contribution in [0.15, 0.2) is 6.33 Å². The van der Waals surface area contributed by atoms with Gasteiger partial charge in [0.1, 0.15) is 12.2 Å². The van der Waals surface area contributed by atoms with E-state index in [2.05, 4.69) is 22.3 Å². The van der Waals surface area contributed by atoms with E-state index in [9.17, 15) is 0 Å². The highest BCUT2D eigenvalue weighted by Crippen LogP contribution is 2.42. The van der Waals surface area contributed by atoms with Crippen LogP contribution in [0.4, 0.5) is 0 Å². The molecule has 0 aromatic carbocycles. The van der Waals surface area contributed by atoms with Crippen LogP contribution in [0.2, 0.25) is 0 Å². The van der Waals surface area contributed by atoms with Crippen molar-refractivity contribution in [3.63, 3.8) is 0 Å². The van der Waals surface area contributed by atoms with Gasteiger partial charge in [-0.1, -0.05) is 26.2 Å². The number of hydrogen-bond acceptors (Lipinski definition) is 4. The maximum Gasteiger partial charge on any atom is 0.140 e. The summed E-state index contributed by atoms with van der Waals surface area (Å²) in [6, 6.07) is 0. The Bertz CT molecular complexity index is 439. The summed E-state index contributed by atoms with van der Waals surface area (Å²) in [4.78, 5) is 4.37. The van der Waals surface area contributed by atoms with Crippen molar-refractivity contribution in [3.8, 4) is 0 Å². The molecule has 0 radical (unpaired) electrons. The smallest absolute Gasteiger partial charge is 0.140 e. The van der Waals surface area contributed by atoms with Gasteiger partial charge < -0.3 is 10.1 Å². The normalized spacial score (nSPS) is 24.7. The van der Waals surface area contributed by atoms with Gasteiger partial charge in [-0.25, -0.2) is 9.67 Å². The van der Waals surface area contributed by atoms with Gasteiger partial charge in [0, 0.05) is 0 Å². The molecule has 1 unspecified atom stereocenters. The van der Waals surface area contributed by atoms with Gasteiger partial charge in [0.25, 0.3) is 0 Å². The third-order valence-corrected chi connectivity index (χ3v) is 4.89. The van der Waals surface area contributed by atoms with E-state index in [1.807, 2.05) is 4.68 Å². The molecular weight excluding hydrogens is 264 g/mol. The van der Waals surface area contributed by atoms with Crippen LogP contribution in [0.25, 0.3) is 0 Å². The summed E-state index contributed by atoms with van der Waals surface area (Å²) in [6.45, 7) is 4.85. The minimum absolute atomic E-state index is 0.199. The molecule has 3 rings (SSSR count). The molecule has 1 saturated carbocycles. The predicted octanol–water partition coefficient (Wildman–Crippen LogP) is 2.66. The lowest BCUT2D eigenvalue weighted by Crippen LogP contribution is -2.33. The van der Waals surface area contributed by atoms with Crippen LogP contribution in [0.3, 0.4) is 0 Å². The van der Waals surface area contributed by atoms with Crippen molar-refractivity contribution in [2.24, 2.45) is 0 Å². The number of nitrogens with one attached hydrogen (secondary N) is 1. The monoisotopic (exact) mass is 292 g/mol. The van der Waals surface area contributed by atoms with Gasteiger partial charge in [0.15, 0.2) is 0 Å². The molecule has 21 heavy (non-hydrogen) atoms. The molecule has 0 amide bonds. The second kappa shape index (κ2) is 6.88. The van der Waals surface area contributed by atoms with Crippen molar-refractivity contribution in [1.82, 2.24) is 20.1 Å². The summed E-state index contributed by atoms with van der Waals surface area (Å²) in [5.41, 5.74) is 0.199. The molecule has 1 N–H and O–H groups in total. The Balaban J connectivity index is 1.54. The fourth-order valence-corrected chi connectivity index (χ4v) is 3.74. The van der Waals surface area contributed by atoms with Crippen LogP contribution >= 0.6 is 0 Å². The van der Waals surface area contributed by atoms with Crippen LogP contribution in [-0.2, 0) is 17.8 Å². The van der Waals surface area contributed by atoms with Gasteiger partial charge in [-0.15, -0.1) is 0 Å². The van der Waals surface area contributed by atoms with Gasteiger partial charge in [-0.2, -0.15) is 5.10 Å². The third kappa shape index (κ3) is 3.64. The fourth-order valence-electron chi connectivity index (χ4n) is 3.74. The first kappa shape index (κ1) is 15.0. The van der Waals surface area contributed by atoms with Crippen molar-refractivity contribution in [1.29, 1.82) is 0 Å². The van der Waals surface area contributed by atoms with E-state index >= 15 is 0 Å². The quantitative estimate of drug-likeness (QED) is 0.819. The molecule has 5 nitrogen and oxygen atoms in total. The Labute approximate surface area is 127 Å². The van der Waals surface area contributed by atoms with Gasteiger partial charge >= 0.3 is 0 Å². The summed E-state index contributed by atoms with van der Waals surface area (Å²) in [6.07, 6.45) is 12.1. The maximum absolute atomic E-state index is 6.43. The molecule has 118 valence electrons. The number of hydrogen-bond donors (Lipinski definition) is 1. The van der Waals surface area contributed by atoms with Crippen LogP contribution < -0.4 is 5.32 Å². The minimum Gasteiger partial charge on any atom is -0.370 e. The first-order chi connectivity index (χ1) is 10.3. The average molecular weight is 292 g/mol. The summed E-state index contributed by atoms with van der Waals surface area (Å²) in [7, 11) is 0. The Morgan fingerprint density at radius 1 is 1.33 bits per heavy atom. The lowest BCUT2D eigenvalue weighted by molar-refractivity contribution is -0.0691. The molecule has 2 heterocycles. The number of rotatable bonds is 6. The van der Waals surface area contributed by atoms with Crippen LogP contribution in [0, 0.1) is 0 Å². The van der Waals surface area contributed by atoms with E-state index in [0.717, 1.165) is 31.9 Å². The third-order valence-electron chi connectivity index (χ3n) is 4.89. The van der Waals surface area contributed by atoms with E-state index in [0.29, 0.717) is 6.10 Å². The minimum atomic E-state index is 0.199. The molecule has 1 aromatic rings. The molecule has 2 aliphatic rings. The van der Waals surface area contributed by atoms with Crippen LogP contribution in [-0.4, -0.2) is 33.0 Å². The number of ether oxygens (including phenoxy) is 1. The van der Waals surface area contributed by atoms with Crippen molar-refractivity contribution in [2.75, 3.05) is 6.54 Å². The lowest BCUT2D eigenvalue weighted by Gasteiger charge is -2.33. The van der Waals surface area contributed by atoms with Crippen molar-refractivity contribution < 1.29 is 4.74 Å². The molecule has 0 bridgehead atoms. The summed E-state index contributed by atoms with van der Waals surface area (Å²) < 4.78 is 8.46. The SMILES string of the molecule is CCCNCc1ncnn1CC1CCC2(CCCCC2)O1. The molecule has 1 aliphatic carbocycles. The van der Waals surface area contributed by atoms with Gasteiger partial charge in [-0.3, -0.25) is 0 Å². The van der Waals surface area contributed by atoms with Crippen LogP contribution in [0.5, 0.6) is 0 Å². The Hall–Kier alpha value is -0.940. The second-order valence-electron chi connectivity index (χ2n) is 6.56. The Kier molecular flexibility index (Phi) is 4.91.